The molecule has 0 bridgehead atoms. The standard InChI is InChI=1S/C18H20IN3O5/c1-24-13-4-3-5-14(10-13)26-6-7-27-17-15(19)8-12(9-16(17)25-2)11-21-22-18(20)23/h3-5,8-11H,6-7H2,1-2H3,(H3,20,22,23)/b21-11+. The number of nitrogens with one attached hydrogen (secondary N) is 1. The van der Waals surface area contributed by atoms with Crippen LogP contribution in [0, 0.1) is 3.57 Å². The predicted octanol–water partition coefficient (Wildman–Crippen LogP) is 2.77. The number of halogens is 1. The number of amides is 2. The van der Waals surface area contributed by atoms with Crippen LogP contribution in [-0.2, 0) is 0 Å². The lowest BCUT2D eigenvalue weighted by molar-refractivity contribution is 0.210. The maximum atomic E-state index is 10.7. The van der Waals surface area contributed by atoms with E-state index in [-0.39, 0.29) is 0 Å². The number of nitrogens with zero attached hydrogens (tertiary/aromatic N) is 1. The van der Waals surface area contributed by atoms with Gasteiger partial charge in [0.25, 0.3) is 0 Å². The molecular formula is C18H20IN3O5. The zero-order valence-electron chi connectivity index (χ0n) is 14.9. The number of carbonyl (C=O) groups excluding carboxylic acids is 1. The van der Waals surface area contributed by atoms with Gasteiger partial charge in [0.1, 0.15) is 24.7 Å². The first kappa shape index (κ1) is 20.6. The van der Waals surface area contributed by atoms with E-state index in [9.17, 15) is 4.79 Å². The Balaban J connectivity index is 1.96. The van der Waals surface area contributed by atoms with Gasteiger partial charge < -0.3 is 24.7 Å². The smallest absolute Gasteiger partial charge is 0.332 e. The van der Waals surface area contributed by atoms with Gasteiger partial charge >= 0.3 is 6.03 Å². The first-order valence-electron chi connectivity index (χ1n) is 7.89. The number of methoxy groups -OCH3 is 2. The van der Waals surface area contributed by atoms with Crippen LogP contribution in [0.3, 0.4) is 0 Å². The van der Waals surface area contributed by atoms with Crippen LogP contribution >= 0.6 is 22.6 Å². The quantitative estimate of drug-likeness (QED) is 0.246. The number of hydrogen-bond donors (Lipinski definition) is 2. The van der Waals surface area contributed by atoms with Gasteiger partial charge in [0.2, 0.25) is 0 Å². The molecule has 0 saturated carbocycles. The summed E-state index contributed by atoms with van der Waals surface area (Å²) in [6.45, 7) is 0.693. The van der Waals surface area contributed by atoms with Crippen LogP contribution in [0.25, 0.3) is 0 Å². The Kier molecular flexibility index (Phi) is 7.99. The van der Waals surface area contributed by atoms with Crippen LogP contribution in [0.5, 0.6) is 23.0 Å². The molecule has 0 heterocycles. The van der Waals surface area contributed by atoms with Crippen molar-refractivity contribution in [2.24, 2.45) is 10.8 Å². The predicted molar refractivity (Wildman–Crippen MR) is 110 cm³/mol. The third-order valence-electron chi connectivity index (χ3n) is 3.28. The molecule has 0 radical (unpaired) electrons. The van der Waals surface area contributed by atoms with Crippen LogP contribution in [-0.4, -0.2) is 39.7 Å². The summed E-state index contributed by atoms with van der Waals surface area (Å²) < 4.78 is 22.8. The van der Waals surface area contributed by atoms with E-state index < -0.39 is 6.03 Å². The van der Waals surface area contributed by atoms with Crippen molar-refractivity contribution in [2.45, 2.75) is 0 Å². The number of carbonyl (C=O) groups is 1. The van der Waals surface area contributed by atoms with Crippen LogP contribution in [0.4, 0.5) is 4.79 Å². The zero-order valence-corrected chi connectivity index (χ0v) is 17.1. The highest BCUT2D eigenvalue weighted by atomic mass is 127. The van der Waals surface area contributed by atoms with Gasteiger partial charge in [-0.1, -0.05) is 6.07 Å². The third-order valence-corrected chi connectivity index (χ3v) is 4.08. The average Bonchev–Trinajstić information content (AvgIpc) is 2.66. The Hall–Kier alpha value is -2.69. The van der Waals surface area contributed by atoms with Crippen molar-refractivity contribution < 1.29 is 23.7 Å². The molecule has 0 unspecified atom stereocenters. The van der Waals surface area contributed by atoms with Crippen molar-refractivity contribution in [1.82, 2.24) is 5.43 Å². The normalized spacial score (nSPS) is 10.5. The van der Waals surface area contributed by atoms with Crippen LogP contribution in [0.1, 0.15) is 5.56 Å². The monoisotopic (exact) mass is 485 g/mol. The van der Waals surface area contributed by atoms with Gasteiger partial charge in [-0.2, -0.15) is 5.10 Å². The minimum absolute atomic E-state index is 0.334. The molecule has 0 atom stereocenters. The van der Waals surface area contributed by atoms with Gasteiger partial charge in [-0.05, 0) is 52.4 Å². The van der Waals surface area contributed by atoms with Gasteiger partial charge in [-0.3, -0.25) is 0 Å². The molecule has 0 aliphatic rings. The van der Waals surface area contributed by atoms with Gasteiger partial charge in [0.05, 0.1) is 24.0 Å². The van der Waals surface area contributed by atoms with Crippen molar-refractivity contribution in [2.75, 3.05) is 27.4 Å². The minimum atomic E-state index is -0.732. The summed E-state index contributed by atoms with van der Waals surface area (Å²) in [7, 11) is 3.16. The van der Waals surface area contributed by atoms with Gasteiger partial charge in [-0.15, -0.1) is 0 Å². The van der Waals surface area contributed by atoms with Crippen molar-refractivity contribution >= 4 is 34.8 Å². The van der Waals surface area contributed by atoms with Crippen molar-refractivity contribution in [1.29, 1.82) is 0 Å². The molecular weight excluding hydrogens is 465 g/mol. The number of hydrogen-bond acceptors (Lipinski definition) is 6. The second-order valence-electron chi connectivity index (χ2n) is 5.14. The lowest BCUT2D eigenvalue weighted by atomic mass is 10.2. The Morgan fingerprint density at radius 1 is 1.15 bits per heavy atom. The number of nitrogens with two attached hydrogens (primary N) is 1. The first-order chi connectivity index (χ1) is 13.0. The number of benzene rings is 2. The Morgan fingerprint density at radius 2 is 1.89 bits per heavy atom. The van der Waals surface area contributed by atoms with Gasteiger partial charge in [-0.25, -0.2) is 10.2 Å². The van der Waals surface area contributed by atoms with Crippen molar-refractivity contribution in [3.05, 3.63) is 45.5 Å². The topological polar surface area (TPSA) is 104 Å². The maximum absolute atomic E-state index is 10.7. The molecule has 2 aromatic rings. The zero-order chi connectivity index (χ0) is 19.6. The molecule has 0 aliphatic heterocycles. The molecule has 0 saturated heterocycles. The molecule has 2 amide bonds. The number of rotatable bonds is 9. The highest BCUT2D eigenvalue weighted by molar-refractivity contribution is 14.1. The Labute approximate surface area is 170 Å². The summed E-state index contributed by atoms with van der Waals surface area (Å²) >= 11 is 2.14. The number of primary amides is 1. The molecule has 0 aliphatic carbocycles. The molecule has 2 aromatic carbocycles. The van der Waals surface area contributed by atoms with Gasteiger partial charge in [0.15, 0.2) is 11.5 Å². The average molecular weight is 485 g/mol. The lowest BCUT2D eigenvalue weighted by Crippen LogP contribution is -2.24. The lowest BCUT2D eigenvalue weighted by Gasteiger charge is -2.14. The fourth-order valence-corrected chi connectivity index (χ4v) is 2.90. The Bertz CT molecular complexity index is 814. The largest absolute Gasteiger partial charge is 0.497 e. The highest BCUT2D eigenvalue weighted by Crippen LogP contribution is 2.33. The highest BCUT2D eigenvalue weighted by Gasteiger charge is 2.11. The molecule has 9 heteroatoms. The van der Waals surface area contributed by atoms with Crippen LogP contribution in [0.2, 0.25) is 0 Å². The van der Waals surface area contributed by atoms with E-state index in [2.05, 4.69) is 33.1 Å². The van der Waals surface area contributed by atoms with E-state index in [1.165, 1.54) is 6.21 Å². The van der Waals surface area contributed by atoms with Crippen LogP contribution in [0.15, 0.2) is 41.5 Å². The van der Waals surface area contributed by atoms with Crippen LogP contribution < -0.4 is 30.1 Å². The number of ether oxygens (including phenoxy) is 4. The Morgan fingerprint density at radius 3 is 2.59 bits per heavy atom. The molecule has 8 nitrogen and oxygen atoms in total. The molecule has 0 aromatic heterocycles. The minimum Gasteiger partial charge on any atom is -0.497 e. The summed E-state index contributed by atoms with van der Waals surface area (Å²) in [6, 6.07) is 10.2. The summed E-state index contributed by atoms with van der Waals surface area (Å²) in [4.78, 5) is 10.7. The van der Waals surface area contributed by atoms with E-state index in [0.29, 0.717) is 30.5 Å². The van der Waals surface area contributed by atoms with Crippen molar-refractivity contribution in [3.63, 3.8) is 0 Å². The van der Waals surface area contributed by atoms with Gasteiger partial charge in [0, 0.05) is 6.07 Å². The first-order valence-corrected chi connectivity index (χ1v) is 8.97. The summed E-state index contributed by atoms with van der Waals surface area (Å²) in [6.07, 6.45) is 1.46. The van der Waals surface area contributed by atoms with Crippen molar-refractivity contribution in [3.8, 4) is 23.0 Å². The molecule has 144 valence electrons. The fraction of sp³-hybridized carbons (Fsp3) is 0.222. The molecule has 2 rings (SSSR count). The fourth-order valence-electron chi connectivity index (χ4n) is 2.12. The summed E-state index contributed by atoms with van der Waals surface area (Å²) in [5, 5.41) is 3.73. The van der Waals surface area contributed by atoms with E-state index >= 15 is 0 Å². The van der Waals surface area contributed by atoms with E-state index in [1.54, 1.807) is 26.4 Å². The molecule has 27 heavy (non-hydrogen) atoms. The number of hydrazone groups is 1. The van der Waals surface area contributed by atoms with E-state index in [4.69, 9.17) is 24.7 Å². The SMILES string of the molecule is COc1cccc(OCCOc2c(I)cc(/C=N/NC(N)=O)cc2OC)c1. The second kappa shape index (κ2) is 10.5. The van der Waals surface area contributed by atoms with E-state index in [0.717, 1.165) is 14.9 Å². The van der Waals surface area contributed by atoms with E-state index in [1.807, 2.05) is 24.3 Å². The molecule has 0 spiro atoms. The summed E-state index contributed by atoms with van der Waals surface area (Å²) in [5.74, 6) is 2.58. The second-order valence-corrected chi connectivity index (χ2v) is 6.31. The third kappa shape index (κ3) is 6.51. The summed E-state index contributed by atoms with van der Waals surface area (Å²) in [5.41, 5.74) is 7.83. The molecule has 3 N–H and O–H groups in total. The molecule has 0 fully saturated rings. The number of urea groups is 1. The maximum Gasteiger partial charge on any atom is 0.332 e.